The van der Waals surface area contributed by atoms with Crippen LogP contribution in [0.4, 0.5) is 0 Å². The molecule has 2 aromatic rings. The predicted octanol–water partition coefficient (Wildman–Crippen LogP) is 3.09. The Morgan fingerprint density at radius 3 is 3.06 bits per heavy atom. The van der Waals surface area contributed by atoms with E-state index in [9.17, 15) is 0 Å². The Balaban J connectivity index is 1.95. The highest BCUT2D eigenvalue weighted by atomic mass is 32.2. The fraction of sp³-hybridized carbons (Fsp3) is 0.462. The molecule has 1 atom stereocenters. The molecular weight excluding hydrogens is 230 g/mol. The molecule has 3 N–H and O–H groups in total. The van der Waals surface area contributed by atoms with Gasteiger partial charge in [-0.05, 0) is 44.4 Å². The molecule has 92 valence electrons. The average molecular weight is 249 g/mol. The summed E-state index contributed by atoms with van der Waals surface area (Å²) in [5.74, 6) is 1.07. The molecule has 17 heavy (non-hydrogen) atoms. The molecule has 2 rings (SSSR count). The highest BCUT2D eigenvalue weighted by Crippen LogP contribution is 2.21. The standard InChI is InChI=1S/C13H19N3S/c1-9-5-6-11-12(8-9)16-13(15-11)17-7-3-4-10(2)14/h5-6,8,10H,3-4,7,14H2,1-2H3,(H,15,16). The monoisotopic (exact) mass is 249 g/mol. The van der Waals surface area contributed by atoms with Gasteiger partial charge in [-0.25, -0.2) is 4.98 Å². The van der Waals surface area contributed by atoms with Gasteiger partial charge >= 0.3 is 0 Å². The van der Waals surface area contributed by atoms with E-state index < -0.39 is 0 Å². The maximum absolute atomic E-state index is 5.72. The number of rotatable bonds is 5. The summed E-state index contributed by atoms with van der Waals surface area (Å²) in [4.78, 5) is 7.89. The maximum Gasteiger partial charge on any atom is 0.166 e. The van der Waals surface area contributed by atoms with Gasteiger partial charge in [0.25, 0.3) is 0 Å². The van der Waals surface area contributed by atoms with E-state index in [0.717, 1.165) is 34.8 Å². The SMILES string of the molecule is Cc1ccc2nc(SCCCC(C)N)[nH]c2c1. The van der Waals surface area contributed by atoms with Crippen LogP contribution in [0.15, 0.2) is 23.4 Å². The summed E-state index contributed by atoms with van der Waals surface area (Å²) >= 11 is 1.77. The lowest BCUT2D eigenvalue weighted by atomic mass is 10.2. The van der Waals surface area contributed by atoms with Gasteiger partial charge in [-0.15, -0.1) is 0 Å². The molecule has 1 heterocycles. The molecule has 0 radical (unpaired) electrons. The molecule has 1 unspecified atom stereocenters. The number of hydrogen-bond donors (Lipinski definition) is 2. The normalized spacial score (nSPS) is 13.1. The zero-order chi connectivity index (χ0) is 12.3. The third kappa shape index (κ3) is 3.48. The van der Waals surface area contributed by atoms with Gasteiger partial charge in [0.15, 0.2) is 5.16 Å². The van der Waals surface area contributed by atoms with E-state index in [2.05, 4.69) is 42.0 Å². The second kappa shape index (κ2) is 5.56. The predicted molar refractivity (Wildman–Crippen MR) is 74.4 cm³/mol. The Morgan fingerprint density at radius 1 is 1.47 bits per heavy atom. The summed E-state index contributed by atoms with van der Waals surface area (Å²) in [5, 5.41) is 1.01. The van der Waals surface area contributed by atoms with Gasteiger partial charge in [-0.1, -0.05) is 17.8 Å². The van der Waals surface area contributed by atoms with Crippen LogP contribution in [0.3, 0.4) is 0 Å². The number of fused-ring (bicyclic) bond motifs is 1. The molecule has 0 fully saturated rings. The second-order valence-electron chi connectivity index (χ2n) is 4.53. The molecule has 4 heteroatoms. The van der Waals surface area contributed by atoms with Gasteiger partial charge in [0.05, 0.1) is 11.0 Å². The Morgan fingerprint density at radius 2 is 2.29 bits per heavy atom. The fourth-order valence-corrected chi connectivity index (χ4v) is 2.59. The van der Waals surface area contributed by atoms with E-state index in [1.807, 2.05) is 0 Å². The minimum atomic E-state index is 0.300. The highest BCUT2D eigenvalue weighted by molar-refractivity contribution is 7.99. The maximum atomic E-state index is 5.72. The van der Waals surface area contributed by atoms with Crippen molar-refractivity contribution in [3.05, 3.63) is 23.8 Å². The summed E-state index contributed by atoms with van der Waals surface area (Å²) in [6, 6.07) is 6.59. The number of benzene rings is 1. The molecule has 0 aliphatic heterocycles. The number of aromatic nitrogens is 2. The van der Waals surface area contributed by atoms with Gasteiger partial charge in [-0.2, -0.15) is 0 Å². The molecule has 0 bridgehead atoms. The van der Waals surface area contributed by atoms with E-state index in [4.69, 9.17) is 5.73 Å². The van der Waals surface area contributed by atoms with Crippen LogP contribution in [0.25, 0.3) is 11.0 Å². The first-order chi connectivity index (χ1) is 8.15. The number of nitrogens with zero attached hydrogens (tertiary/aromatic N) is 1. The lowest BCUT2D eigenvalue weighted by molar-refractivity contribution is 0.656. The van der Waals surface area contributed by atoms with E-state index in [1.54, 1.807) is 11.8 Å². The lowest BCUT2D eigenvalue weighted by Crippen LogP contribution is -2.14. The zero-order valence-corrected chi connectivity index (χ0v) is 11.2. The highest BCUT2D eigenvalue weighted by Gasteiger charge is 2.03. The smallest absolute Gasteiger partial charge is 0.166 e. The summed E-state index contributed by atoms with van der Waals surface area (Å²) < 4.78 is 0. The van der Waals surface area contributed by atoms with E-state index in [-0.39, 0.29) is 0 Å². The van der Waals surface area contributed by atoms with E-state index in [1.165, 1.54) is 5.56 Å². The van der Waals surface area contributed by atoms with Crippen molar-refractivity contribution in [3.63, 3.8) is 0 Å². The van der Waals surface area contributed by atoms with Crippen molar-refractivity contribution in [1.82, 2.24) is 9.97 Å². The number of aromatic amines is 1. The minimum Gasteiger partial charge on any atom is -0.333 e. The first-order valence-corrected chi connectivity index (χ1v) is 6.98. The molecule has 1 aromatic carbocycles. The molecule has 0 aliphatic rings. The summed E-state index contributed by atoms with van der Waals surface area (Å²) in [7, 11) is 0. The van der Waals surface area contributed by atoms with Crippen LogP contribution in [-0.2, 0) is 0 Å². The van der Waals surface area contributed by atoms with Crippen LogP contribution < -0.4 is 5.73 Å². The third-order valence-electron chi connectivity index (χ3n) is 2.66. The van der Waals surface area contributed by atoms with Gasteiger partial charge in [-0.3, -0.25) is 0 Å². The van der Waals surface area contributed by atoms with Crippen molar-refractivity contribution in [1.29, 1.82) is 0 Å². The molecule has 0 saturated heterocycles. The largest absolute Gasteiger partial charge is 0.333 e. The average Bonchev–Trinajstić information content (AvgIpc) is 2.66. The topological polar surface area (TPSA) is 54.7 Å². The Hall–Kier alpha value is -1.00. The van der Waals surface area contributed by atoms with Gasteiger partial charge < -0.3 is 10.7 Å². The van der Waals surface area contributed by atoms with Crippen LogP contribution in [0.1, 0.15) is 25.3 Å². The van der Waals surface area contributed by atoms with Crippen LogP contribution in [0.5, 0.6) is 0 Å². The quantitative estimate of drug-likeness (QED) is 0.632. The van der Waals surface area contributed by atoms with Crippen molar-refractivity contribution in [2.75, 3.05) is 5.75 Å². The number of aryl methyl sites for hydroxylation is 1. The van der Waals surface area contributed by atoms with Crippen LogP contribution in [-0.4, -0.2) is 21.8 Å². The van der Waals surface area contributed by atoms with Gasteiger partial charge in [0, 0.05) is 11.8 Å². The van der Waals surface area contributed by atoms with Gasteiger partial charge in [0.1, 0.15) is 0 Å². The van der Waals surface area contributed by atoms with Crippen LogP contribution in [0.2, 0.25) is 0 Å². The fourth-order valence-electron chi connectivity index (χ4n) is 1.74. The third-order valence-corrected chi connectivity index (χ3v) is 3.62. The Kier molecular flexibility index (Phi) is 4.07. The van der Waals surface area contributed by atoms with Crippen molar-refractivity contribution in [2.45, 2.75) is 37.9 Å². The second-order valence-corrected chi connectivity index (χ2v) is 5.61. The molecule has 1 aromatic heterocycles. The van der Waals surface area contributed by atoms with Crippen molar-refractivity contribution >= 4 is 22.8 Å². The molecule has 0 spiro atoms. The van der Waals surface area contributed by atoms with Crippen LogP contribution in [0, 0.1) is 6.92 Å². The van der Waals surface area contributed by atoms with Crippen molar-refractivity contribution < 1.29 is 0 Å². The molecule has 0 saturated carbocycles. The first-order valence-electron chi connectivity index (χ1n) is 6.00. The molecule has 0 aliphatic carbocycles. The number of nitrogens with one attached hydrogen (secondary N) is 1. The number of H-pyrrole nitrogens is 1. The van der Waals surface area contributed by atoms with E-state index >= 15 is 0 Å². The van der Waals surface area contributed by atoms with Crippen LogP contribution >= 0.6 is 11.8 Å². The first kappa shape index (κ1) is 12.5. The van der Waals surface area contributed by atoms with E-state index in [0.29, 0.717) is 6.04 Å². The van der Waals surface area contributed by atoms with Crippen molar-refractivity contribution in [2.24, 2.45) is 5.73 Å². The van der Waals surface area contributed by atoms with Crippen molar-refractivity contribution in [3.8, 4) is 0 Å². The summed E-state index contributed by atoms with van der Waals surface area (Å²) in [6.45, 7) is 4.14. The number of imidazole rings is 1. The minimum absolute atomic E-state index is 0.300. The summed E-state index contributed by atoms with van der Waals surface area (Å²) in [5.41, 5.74) is 9.15. The molecule has 3 nitrogen and oxygen atoms in total. The number of hydrogen-bond acceptors (Lipinski definition) is 3. The molecular formula is C13H19N3S. The van der Waals surface area contributed by atoms with Gasteiger partial charge in [0.2, 0.25) is 0 Å². The lowest BCUT2D eigenvalue weighted by Gasteiger charge is -2.02. The summed E-state index contributed by atoms with van der Waals surface area (Å²) in [6.07, 6.45) is 2.21. The molecule has 0 amide bonds. The Labute approximate surface area is 106 Å². The number of thioether (sulfide) groups is 1. The Bertz CT molecular complexity index is 490. The number of nitrogens with two attached hydrogens (primary N) is 1. The zero-order valence-electron chi connectivity index (χ0n) is 10.4.